The summed E-state index contributed by atoms with van der Waals surface area (Å²) in [5.41, 5.74) is 0. The molecule has 0 saturated carbocycles. The Balaban J connectivity index is -0.000000197. The lowest BCUT2D eigenvalue weighted by Crippen LogP contribution is -2.41. The summed E-state index contributed by atoms with van der Waals surface area (Å²) in [7, 11) is 17.0. The molecule has 0 amide bonds. The third-order valence-electron chi connectivity index (χ3n) is 0.707. The van der Waals surface area contributed by atoms with E-state index in [2.05, 4.69) is 56.4 Å². The molecule has 0 aliphatic rings. The number of rotatable bonds is 2. The van der Waals surface area contributed by atoms with Gasteiger partial charge in [0.05, 0.1) is 56.4 Å². The van der Waals surface area contributed by atoms with Gasteiger partial charge < -0.3 is 28.8 Å². The first-order valence-electron chi connectivity index (χ1n) is 5.55. The van der Waals surface area contributed by atoms with Crippen molar-refractivity contribution in [2.24, 2.45) is 5.92 Å². The summed E-state index contributed by atoms with van der Waals surface area (Å²) < 4.78 is 2.00. The van der Waals surface area contributed by atoms with E-state index >= 15 is 0 Å². The minimum atomic E-state index is -1.62. The number of carbonyl (C=O) groups is 2. The number of carbonyl (C=O) groups excluding carboxylic acids is 2. The molecule has 0 radical (unpaired) electrons. The van der Waals surface area contributed by atoms with Crippen LogP contribution in [0.25, 0.3) is 0 Å². The molecule has 0 aliphatic carbocycles. The Labute approximate surface area is 111 Å². The van der Waals surface area contributed by atoms with Gasteiger partial charge in [0, 0.05) is 17.9 Å². The van der Waals surface area contributed by atoms with Crippen molar-refractivity contribution < 1.29 is 28.8 Å². The molecule has 0 unspecified atom stereocenters. The van der Waals surface area contributed by atoms with Crippen LogP contribution in [0.1, 0.15) is 6.92 Å². The number of hydrogen-bond acceptors (Lipinski definition) is 4. The van der Waals surface area contributed by atoms with Crippen LogP contribution in [-0.2, 0) is 9.59 Å². The second-order valence-electron chi connectivity index (χ2n) is 6.73. The molecular weight excluding hydrogens is 236 g/mol. The molecule has 0 rings (SSSR count). The monoisotopic (exact) mass is 264 g/mol. The van der Waals surface area contributed by atoms with Crippen LogP contribution in [0.3, 0.4) is 0 Å². The highest BCUT2D eigenvalue weighted by molar-refractivity contribution is 5.90. The first kappa shape index (κ1) is 22.1. The van der Waals surface area contributed by atoms with E-state index in [1.807, 2.05) is 0 Å². The number of carboxylic acid groups (broad SMARTS) is 2. The van der Waals surface area contributed by atoms with E-state index < -0.39 is 17.9 Å². The van der Waals surface area contributed by atoms with E-state index in [-0.39, 0.29) is 0 Å². The van der Waals surface area contributed by atoms with Crippen molar-refractivity contribution in [1.29, 1.82) is 0 Å². The van der Waals surface area contributed by atoms with E-state index in [9.17, 15) is 19.8 Å². The van der Waals surface area contributed by atoms with Crippen molar-refractivity contribution in [1.82, 2.24) is 0 Å². The van der Waals surface area contributed by atoms with Gasteiger partial charge >= 0.3 is 0 Å². The van der Waals surface area contributed by atoms with Gasteiger partial charge in [-0.2, -0.15) is 0 Å². The predicted octanol–water partition coefficient (Wildman–Crippen LogP) is -2.23. The van der Waals surface area contributed by atoms with Gasteiger partial charge in [-0.05, 0) is 0 Å². The van der Waals surface area contributed by atoms with E-state index in [1.165, 1.54) is 0 Å². The Morgan fingerprint density at radius 2 is 0.833 bits per heavy atom. The lowest BCUT2D eigenvalue weighted by atomic mass is 10.2. The normalized spacial score (nSPS) is 10.8. The fourth-order valence-electron chi connectivity index (χ4n) is 0.0962. The van der Waals surface area contributed by atoms with Gasteiger partial charge in [-0.3, -0.25) is 0 Å². The van der Waals surface area contributed by atoms with Gasteiger partial charge in [0.1, 0.15) is 0 Å². The van der Waals surface area contributed by atoms with Crippen molar-refractivity contribution in [2.75, 3.05) is 56.4 Å². The van der Waals surface area contributed by atoms with Crippen molar-refractivity contribution >= 4 is 11.9 Å². The zero-order chi connectivity index (χ0) is 15.7. The average Bonchev–Trinajstić information content (AvgIpc) is 1.95. The summed E-state index contributed by atoms with van der Waals surface area (Å²) in [6, 6.07) is 0. The van der Waals surface area contributed by atoms with Crippen molar-refractivity contribution in [3.63, 3.8) is 0 Å². The minimum absolute atomic E-state index is 0.991. The van der Waals surface area contributed by atoms with Crippen LogP contribution in [0.2, 0.25) is 0 Å². The smallest absolute Gasteiger partial charge is 0.0675 e. The van der Waals surface area contributed by atoms with E-state index in [0.29, 0.717) is 0 Å². The van der Waals surface area contributed by atoms with E-state index in [0.717, 1.165) is 15.9 Å². The highest BCUT2D eigenvalue weighted by atomic mass is 16.4. The Morgan fingerprint density at radius 3 is 0.833 bits per heavy atom. The van der Waals surface area contributed by atoms with Crippen molar-refractivity contribution in [3.8, 4) is 0 Å². The molecular formula is C12H28N2O4. The molecule has 6 nitrogen and oxygen atoms in total. The SMILES string of the molecule is CC(C(=O)[O-])C(=O)[O-].C[N+](C)(C)C.C[N+](C)(C)C. The zero-order valence-electron chi connectivity index (χ0n) is 13.1. The van der Waals surface area contributed by atoms with Crippen molar-refractivity contribution in [3.05, 3.63) is 0 Å². The van der Waals surface area contributed by atoms with Crippen molar-refractivity contribution in [2.45, 2.75) is 6.92 Å². The van der Waals surface area contributed by atoms with Crippen LogP contribution in [0.15, 0.2) is 0 Å². The molecule has 0 heterocycles. The molecule has 0 aromatic carbocycles. The highest BCUT2D eigenvalue weighted by Gasteiger charge is 2.00. The second kappa shape index (κ2) is 8.88. The second-order valence-corrected chi connectivity index (χ2v) is 6.73. The van der Waals surface area contributed by atoms with Crippen LogP contribution in [-0.4, -0.2) is 77.3 Å². The standard InChI is InChI=1S/2C4H12N.C4H6O4/c2*1-5(2,3)4;1-2(3(5)6)4(7)8/h2*1-4H3;2H,1H3,(H,5,6)(H,7,8)/q2*+1;/p-2. The molecule has 0 N–H and O–H groups in total. The largest absolute Gasteiger partial charge is 0.549 e. The lowest BCUT2D eigenvalue weighted by molar-refractivity contribution is -0.849. The summed E-state index contributed by atoms with van der Waals surface area (Å²) in [5, 5.41) is 19.2. The van der Waals surface area contributed by atoms with Crippen LogP contribution in [0.4, 0.5) is 0 Å². The predicted molar refractivity (Wildman–Crippen MR) is 67.1 cm³/mol. The summed E-state index contributed by atoms with van der Waals surface area (Å²) in [4.78, 5) is 19.2. The van der Waals surface area contributed by atoms with Crippen LogP contribution in [0.5, 0.6) is 0 Å². The maximum absolute atomic E-state index is 9.61. The van der Waals surface area contributed by atoms with Gasteiger partial charge in [-0.25, -0.2) is 0 Å². The molecule has 0 bridgehead atoms. The Bertz CT molecular complexity index is 214. The third-order valence-corrected chi connectivity index (χ3v) is 0.707. The number of carboxylic acids is 2. The fraction of sp³-hybridized carbons (Fsp3) is 0.833. The minimum Gasteiger partial charge on any atom is -0.549 e. The first-order valence-corrected chi connectivity index (χ1v) is 5.55. The molecule has 0 atom stereocenters. The number of quaternary nitrogens is 2. The van der Waals surface area contributed by atoms with E-state index in [1.54, 1.807) is 0 Å². The quantitative estimate of drug-likeness (QED) is 0.417. The Morgan fingerprint density at radius 1 is 0.722 bits per heavy atom. The molecule has 110 valence electrons. The molecule has 18 heavy (non-hydrogen) atoms. The molecule has 0 fully saturated rings. The number of nitrogens with zero attached hydrogens (tertiary/aromatic N) is 2. The third kappa shape index (κ3) is 60.7. The van der Waals surface area contributed by atoms with Gasteiger partial charge in [0.15, 0.2) is 0 Å². The Kier molecular flexibility index (Phi) is 10.9. The summed E-state index contributed by atoms with van der Waals surface area (Å²) in [6.07, 6.45) is 0. The Hall–Kier alpha value is -1.14. The van der Waals surface area contributed by atoms with Crippen LogP contribution in [0, 0.1) is 5.92 Å². The van der Waals surface area contributed by atoms with Gasteiger partial charge in [-0.15, -0.1) is 0 Å². The van der Waals surface area contributed by atoms with Gasteiger partial charge in [0.25, 0.3) is 0 Å². The van der Waals surface area contributed by atoms with Crippen LogP contribution < -0.4 is 10.2 Å². The highest BCUT2D eigenvalue weighted by Crippen LogP contribution is 1.86. The molecule has 0 aromatic heterocycles. The molecule has 0 aliphatic heterocycles. The topological polar surface area (TPSA) is 80.3 Å². The fourth-order valence-corrected chi connectivity index (χ4v) is 0.0962. The summed E-state index contributed by atoms with van der Waals surface area (Å²) in [6.45, 7) is 0.991. The molecule has 0 aromatic rings. The molecule has 0 saturated heterocycles. The summed E-state index contributed by atoms with van der Waals surface area (Å²) >= 11 is 0. The van der Waals surface area contributed by atoms with Gasteiger partial charge in [-0.1, -0.05) is 6.92 Å². The number of hydrogen-bond donors (Lipinski definition) is 0. The molecule has 6 heteroatoms. The van der Waals surface area contributed by atoms with Crippen LogP contribution >= 0.6 is 0 Å². The maximum atomic E-state index is 9.61. The average molecular weight is 264 g/mol. The lowest BCUT2D eigenvalue weighted by Gasteiger charge is -2.14. The maximum Gasteiger partial charge on any atom is 0.0675 e. The first-order chi connectivity index (χ1) is 7.55. The van der Waals surface area contributed by atoms with E-state index in [4.69, 9.17) is 0 Å². The summed E-state index contributed by atoms with van der Waals surface area (Å²) in [5.74, 6) is -4.76. The molecule has 0 spiro atoms. The van der Waals surface area contributed by atoms with Gasteiger partial charge in [0.2, 0.25) is 0 Å². The number of aliphatic carboxylic acids is 2. The zero-order valence-corrected chi connectivity index (χ0v) is 13.1.